The molecule has 0 radical (unpaired) electrons. The van der Waals surface area contributed by atoms with Gasteiger partial charge < -0.3 is 19.7 Å². The van der Waals surface area contributed by atoms with Gasteiger partial charge in [0.1, 0.15) is 5.75 Å². The minimum atomic E-state index is -0.646. The van der Waals surface area contributed by atoms with Gasteiger partial charge in [0, 0.05) is 19.1 Å². The lowest BCUT2D eigenvalue weighted by Gasteiger charge is -2.33. The number of aryl methyl sites for hydroxylation is 1. The SMILES string of the molecule is CCOC(=O)COc1ccc(CC[C@@H](C)N(C[C@H](O)c2ccccc2)C[C@H](O)c2ccccc2)cc1. The zero-order valence-corrected chi connectivity index (χ0v) is 21.1. The number of aliphatic hydroxyl groups excluding tert-OH is 2. The lowest BCUT2D eigenvalue weighted by molar-refractivity contribution is -0.145. The molecule has 0 aliphatic rings. The number of carbonyl (C=O) groups excluding carboxylic acids is 1. The van der Waals surface area contributed by atoms with E-state index in [1.54, 1.807) is 6.92 Å². The number of nitrogens with zero attached hydrogens (tertiary/aromatic N) is 1. The minimum absolute atomic E-state index is 0.105. The van der Waals surface area contributed by atoms with E-state index in [9.17, 15) is 15.0 Å². The Labute approximate surface area is 214 Å². The molecule has 0 aromatic heterocycles. The van der Waals surface area contributed by atoms with Crippen molar-refractivity contribution >= 4 is 5.97 Å². The van der Waals surface area contributed by atoms with Gasteiger partial charge in [0.15, 0.2) is 6.61 Å². The van der Waals surface area contributed by atoms with Crippen LogP contribution in [0.15, 0.2) is 84.9 Å². The Morgan fingerprint density at radius 1 is 0.833 bits per heavy atom. The molecule has 36 heavy (non-hydrogen) atoms. The Kier molecular flexibility index (Phi) is 11.0. The summed E-state index contributed by atoms with van der Waals surface area (Å²) in [4.78, 5) is 13.6. The molecular formula is C30H37NO5. The standard InChI is InChI=1S/C30H37NO5/c1-3-35-30(34)22-36-27-18-16-24(17-19-27)15-14-23(2)31(20-28(32)25-10-6-4-7-11-25)21-29(33)26-12-8-5-9-13-26/h4-13,16-19,23,28-29,32-33H,3,14-15,20-22H2,1-2H3/t23-,28+,29+/m1/s1. The zero-order chi connectivity index (χ0) is 25.8. The van der Waals surface area contributed by atoms with Crippen LogP contribution in [0, 0.1) is 0 Å². The monoisotopic (exact) mass is 491 g/mol. The van der Waals surface area contributed by atoms with E-state index in [0.29, 0.717) is 25.4 Å². The van der Waals surface area contributed by atoms with E-state index in [4.69, 9.17) is 9.47 Å². The first-order chi connectivity index (χ1) is 17.5. The first-order valence-electron chi connectivity index (χ1n) is 12.5. The third-order valence-electron chi connectivity index (χ3n) is 6.24. The highest BCUT2D eigenvalue weighted by Crippen LogP contribution is 2.22. The van der Waals surface area contributed by atoms with Crippen LogP contribution in [0.2, 0.25) is 0 Å². The topological polar surface area (TPSA) is 79.2 Å². The molecule has 0 heterocycles. The van der Waals surface area contributed by atoms with Gasteiger partial charge in [-0.3, -0.25) is 4.90 Å². The predicted octanol–water partition coefficient (Wildman–Crippen LogP) is 4.72. The fourth-order valence-corrected chi connectivity index (χ4v) is 4.10. The number of benzene rings is 3. The summed E-state index contributed by atoms with van der Waals surface area (Å²) in [5.74, 6) is 0.240. The highest BCUT2D eigenvalue weighted by molar-refractivity contribution is 5.71. The zero-order valence-electron chi connectivity index (χ0n) is 21.1. The number of rotatable bonds is 14. The Morgan fingerprint density at radius 2 is 1.36 bits per heavy atom. The van der Waals surface area contributed by atoms with Gasteiger partial charge in [0.25, 0.3) is 0 Å². The fourth-order valence-electron chi connectivity index (χ4n) is 4.10. The van der Waals surface area contributed by atoms with Crippen LogP contribution in [0.25, 0.3) is 0 Å². The molecule has 0 amide bonds. The number of ether oxygens (including phenoxy) is 2. The molecule has 2 N–H and O–H groups in total. The summed E-state index contributed by atoms with van der Waals surface area (Å²) in [5.41, 5.74) is 2.88. The first kappa shape index (κ1) is 27.4. The summed E-state index contributed by atoms with van der Waals surface area (Å²) in [7, 11) is 0. The Balaban J connectivity index is 1.60. The molecule has 0 bridgehead atoms. The average molecular weight is 492 g/mol. The van der Waals surface area contributed by atoms with Crippen molar-refractivity contribution in [3.05, 3.63) is 102 Å². The van der Waals surface area contributed by atoms with Crippen LogP contribution < -0.4 is 4.74 Å². The number of aliphatic hydroxyl groups is 2. The fraction of sp³-hybridized carbons (Fsp3) is 0.367. The molecule has 0 unspecified atom stereocenters. The molecule has 0 spiro atoms. The van der Waals surface area contributed by atoms with Crippen LogP contribution in [0.1, 0.15) is 49.2 Å². The van der Waals surface area contributed by atoms with E-state index in [2.05, 4.69) is 11.8 Å². The Hall–Kier alpha value is -3.19. The van der Waals surface area contributed by atoms with Crippen molar-refractivity contribution in [3.63, 3.8) is 0 Å². The molecule has 0 aliphatic carbocycles. The van der Waals surface area contributed by atoms with E-state index in [1.165, 1.54) is 0 Å². The second kappa shape index (κ2) is 14.4. The van der Waals surface area contributed by atoms with Gasteiger partial charge >= 0.3 is 5.97 Å². The van der Waals surface area contributed by atoms with Crippen molar-refractivity contribution < 1.29 is 24.5 Å². The van der Waals surface area contributed by atoms with Crippen molar-refractivity contribution in [2.24, 2.45) is 0 Å². The van der Waals surface area contributed by atoms with E-state index in [0.717, 1.165) is 29.5 Å². The molecule has 0 saturated heterocycles. The maximum absolute atomic E-state index is 11.5. The molecule has 192 valence electrons. The normalized spacial score (nSPS) is 13.7. The second-order valence-corrected chi connectivity index (χ2v) is 8.93. The summed E-state index contributed by atoms with van der Waals surface area (Å²) >= 11 is 0. The molecule has 3 aromatic carbocycles. The molecule has 6 nitrogen and oxygen atoms in total. The third kappa shape index (κ3) is 8.79. The molecule has 3 rings (SSSR count). The first-order valence-corrected chi connectivity index (χ1v) is 12.5. The summed E-state index contributed by atoms with van der Waals surface area (Å²) in [6.07, 6.45) is 0.394. The van der Waals surface area contributed by atoms with Gasteiger partial charge in [-0.05, 0) is 55.5 Å². The van der Waals surface area contributed by atoms with Crippen LogP contribution in [0.4, 0.5) is 0 Å². The van der Waals surface area contributed by atoms with Gasteiger partial charge in [0.05, 0.1) is 18.8 Å². The summed E-state index contributed by atoms with van der Waals surface area (Å²) < 4.78 is 10.4. The smallest absolute Gasteiger partial charge is 0.344 e. The Bertz CT molecular complexity index is 979. The minimum Gasteiger partial charge on any atom is -0.482 e. The predicted molar refractivity (Wildman–Crippen MR) is 141 cm³/mol. The average Bonchev–Trinajstić information content (AvgIpc) is 2.91. The molecule has 0 fully saturated rings. The van der Waals surface area contributed by atoms with Crippen LogP contribution in [-0.2, 0) is 16.0 Å². The Morgan fingerprint density at radius 3 is 1.86 bits per heavy atom. The second-order valence-electron chi connectivity index (χ2n) is 8.93. The number of carbonyl (C=O) groups is 1. The lowest BCUT2D eigenvalue weighted by atomic mass is 10.0. The molecule has 6 heteroatoms. The van der Waals surface area contributed by atoms with Crippen molar-refractivity contribution in [1.29, 1.82) is 0 Å². The van der Waals surface area contributed by atoms with Crippen LogP contribution in [-0.4, -0.2) is 53.4 Å². The van der Waals surface area contributed by atoms with Crippen LogP contribution in [0.5, 0.6) is 5.75 Å². The maximum Gasteiger partial charge on any atom is 0.344 e. The molecular weight excluding hydrogens is 454 g/mol. The molecule has 3 aromatic rings. The summed E-state index contributed by atoms with van der Waals surface area (Å²) in [6, 6.07) is 27.1. The van der Waals surface area contributed by atoms with Gasteiger partial charge in [-0.25, -0.2) is 4.79 Å². The maximum atomic E-state index is 11.5. The van der Waals surface area contributed by atoms with Gasteiger partial charge in [-0.1, -0.05) is 72.8 Å². The quantitative estimate of drug-likeness (QED) is 0.318. The van der Waals surface area contributed by atoms with Crippen LogP contribution in [0.3, 0.4) is 0 Å². The highest BCUT2D eigenvalue weighted by Gasteiger charge is 2.22. The van der Waals surface area contributed by atoms with Crippen LogP contribution >= 0.6 is 0 Å². The number of hydrogen-bond donors (Lipinski definition) is 2. The lowest BCUT2D eigenvalue weighted by Crippen LogP contribution is -2.39. The molecule has 0 saturated carbocycles. The number of hydrogen-bond acceptors (Lipinski definition) is 6. The highest BCUT2D eigenvalue weighted by atomic mass is 16.6. The third-order valence-corrected chi connectivity index (χ3v) is 6.24. The van der Waals surface area contributed by atoms with E-state index < -0.39 is 12.2 Å². The van der Waals surface area contributed by atoms with E-state index in [1.807, 2.05) is 84.9 Å². The van der Waals surface area contributed by atoms with Crippen molar-refractivity contribution in [1.82, 2.24) is 4.90 Å². The molecule has 0 aliphatic heterocycles. The van der Waals surface area contributed by atoms with Gasteiger partial charge in [-0.2, -0.15) is 0 Å². The summed E-state index contributed by atoms with van der Waals surface area (Å²) in [6.45, 7) is 4.98. The van der Waals surface area contributed by atoms with E-state index in [-0.39, 0.29) is 18.6 Å². The largest absolute Gasteiger partial charge is 0.482 e. The van der Waals surface area contributed by atoms with E-state index >= 15 is 0 Å². The van der Waals surface area contributed by atoms with Crippen molar-refractivity contribution in [2.75, 3.05) is 26.3 Å². The summed E-state index contributed by atoms with van der Waals surface area (Å²) in [5, 5.41) is 21.8. The molecule has 3 atom stereocenters. The van der Waals surface area contributed by atoms with Crippen molar-refractivity contribution in [3.8, 4) is 5.75 Å². The van der Waals surface area contributed by atoms with Gasteiger partial charge in [-0.15, -0.1) is 0 Å². The van der Waals surface area contributed by atoms with Gasteiger partial charge in [0.2, 0.25) is 0 Å². The number of esters is 1. The van der Waals surface area contributed by atoms with Crippen molar-refractivity contribution in [2.45, 2.75) is 44.9 Å².